The molecule has 4 heteroatoms. The van der Waals surface area contributed by atoms with Crippen LogP contribution in [-0.4, -0.2) is 43.1 Å². The zero-order chi connectivity index (χ0) is 19.3. The van der Waals surface area contributed by atoms with E-state index in [0.717, 1.165) is 42.7 Å². The van der Waals surface area contributed by atoms with E-state index in [-0.39, 0.29) is 5.91 Å². The van der Waals surface area contributed by atoms with Crippen LogP contribution in [-0.2, 0) is 4.79 Å². The number of nitrogens with zero attached hydrogens (tertiary/aromatic N) is 2. The number of hydrogen-bond acceptors (Lipinski definition) is 3. The molecular weight excluding hydrogens is 348 g/mol. The van der Waals surface area contributed by atoms with Crippen LogP contribution in [0.2, 0.25) is 0 Å². The monoisotopic (exact) mass is 374 g/mol. The Bertz CT molecular complexity index is 928. The Morgan fingerprint density at radius 1 is 0.893 bits per heavy atom. The average Bonchev–Trinajstić information content (AvgIpc) is 2.78. The molecule has 28 heavy (non-hydrogen) atoms. The highest BCUT2D eigenvalue weighted by Crippen LogP contribution is 2.27. The van der Waals surface area contributed by atoms with Crippen LogP contribution in [0.5, 0.6) is 5.75 Å². The van der Waals surface area contributed by atoms with E-state index < -0.39 is 6.10 Å². The Balaban J connectivity index is 1.43. The van der Waals surface area contributed by atoms with Crippen LogP contribution in [0, 0.1) is 0 Å². The number of piperazine rings is 1. The molecule has 0 bridgehead atoms. The summed E-state index contributed by atoms with van der Waals surface area (Å²) < 4.78 is 6.20. The molecule has 0 radical (unpaired) electrons. The van der Waals surface area contributed by atoms with Crippen molar-refractivity contribution >= 4 is 22.4 Å². The molecule has 1 fully saturated rings. The van der Waals surface area contributed by atoms with E-state index in [1.807, 2.05) is 48.2 Å². The van der Waals surface area contributed by atoms with Crippen LogP contribution >= 0.6 is 0 Å². The van der Waals surface area contributed by atoms with E-state index >= 15 is 0 Å². The van der Waals surface area contributed by atoms with Crippen molar-refractivity contribution in [1.82, 2.24) is 4.90 Å². The van der Waals surface area contributed by atoms with Crippen molar-refractivity contribution in [3.05, 3.63) is 72.8 Å². The molecule has 3 aromatic rings. The van der Waals surface area contributed by atoms with Gasteiger partial charge in [-0.15, -0.1) is 0 Å². The van der Waals surface area contributed by atoms with Crippen LogP contribution in [0.25, 0.3) is 10.8 Å². The minimum absolute atomic E-state index is 0.0862. The van der Waals surface area contributed by atoms with Gasteiger partial charge in [0.1, 0.15) is 5.75 Å². The number of hydrogen-bond donors (Lipinski definition) is 0. The number of carbonyl (C=O) groups excluding carboxylic acids is 1. The predicted molar refractivity (Wildman–Crippen MR) is 114 cm³/mol. The van der Waals surface area contributed by atoms with E-state index in [4.69, 9.17) is 4.74 Å². The van der Waals surface area contributed by atoms with Gasteiger partial charge in [-0.25, -0.2) is 0 Å². The van der Waals surface area contributed by atoms with Gasteiger partial charge in [0.15, 0.2) is 6.10 Å². The second-order valence-electron chi connectivity index (χ2n) is 7.14. The highest BCUT2D eigenvalue weighted by molar-refractivity contribution is 5.89. The fourth-order valence-electron chi connectivity index (χ4n) is 3.79. The molecule has 0 spiro atoms. The van der Waals surface area contributed by atoms with Crippen LogP contribution in [0.1, 0.15) is 13.3 Å². The molecule has 0 unspecified atom stereocenters. The molecule has 1 heterocycles. The van der Waals surface area contributed by atoms with E-state index in [2.05, 4.69) is 41.3 Å². The third-order valence-corrected chi connectivity index (χ3v) is 5.38. The number of carbonyl (C=O) groups is 1. The molecule has 1 saturated heterocycles. The number of ether oxygens (including phenoxy) is 1. The third kappa shape index (κ3) is 3.81. The molecule has 0 saturated carbocycles. The summed E-state index contributed by atoms with van der Waals surface area (Å²) in [6.07, 6.45) is 0.204. The van der Waals surface area contributed by atoms with Crippen molar-refractivity contribution in [3.8, 4) is 5.75 Å². The van der Waals surface area contributed by atoms with Gasteiger partial charge >= 0.3 is 0 Å². The number of benzene rings is 3. The summed E-state index contributed by atoms with van der Waals surface area (Å²) in [5.74, 6) is 0.865. The maximum absolute atomic E-state index is 13.1. The van der Waals surface area contributed by atoms with Crippen molar-refractivity contribution in [2.45, 2.75) is 19.4 Å². The first-order valence-corrected chi connectivity index (χ1v) is 9.99. The summed E-state index contributed by atoms with van der Waals surface area (Å²) in [7, 11) is 0. The summed E-state index contributed by atoms with van der Waals surface area (Å²) in [6, 6.07) is 24.5. The van der Waals surface area contributed by atoms with Crippen molar-refractivity contribution in [2.24, 2.45) is 0 Å². The first-order valence-electron chi connectivity index (χ1n) is 9.99. The lowest BCUT2D eigenvalue weighted by Gasteiger charge is -2.37. The van der Waals surface area contributed by atoms with Gasteiger partial charge in [-0.2, -0.15) is 0 Å². The number of rotatable bonds is 5. The van der Waals surface area contributed by atoms with Gasteiger partial charge in [0.05, 0.1) is 0 Å². The maximum atomic E-state index is 13.1. The maximum Gasteiger partial charge on any atom is 0.263 e. The Morgan fingerprint density at radius 3 is 2.32 bits per heavy atom. The summed E-state index contributed by atoms with van der Waals surface area (Å²) >= 11 is 0. The van der Waals surface area contributed by atoms with Gasteiger partial charge in [0, 0.05) is 37.3 Å². The van der Waals surface area contributed by atoms with Gasteiger partial charge in [-0.3, -0.25) is 4.79 Å². The van der Waals surface area contributed by atoms with Crippen LogP contribution in [0.3, 0.4) is 0 Å². The van der Waals surface area contributed by atoms with Crippen molar-refractivity contribution < 1.29 is 9.53 Å². The highest BCUT2D eigenvalue weighted by Gasteiger charge is 2.28. The van der Waals surface area contributed by atoms with Crippen LogP contribution < -0.4 is 9.64 Å². The lowest BCUT2D eigenvalue weighted by molar-refractivity contribution is -0.139. The molecule has 0 N–H and O–H groups in total. The van der Waals surface area contributed by atoms with Gasteiger partial charge in [0.2, 0.25) is 0 Å². The number of amides is 1. The van der Waals surface area contributed by atoms with Gasteiger partial charge in [-0.05, 0) is 30.0 Å². The zero-order valence-corrected chi connectivity index (χ0v) is 16.3. The smallest absolute Gasteiger partial charge is 0.263 e. The van der Waals surface area contributed by atoms with Crippen LogP contribution in [0.15, 0.2) is 72.8 Å². The fourth-order valence-corrected chi connectivity index (χ4v) is 3.79. The third-order valence-electron chi connectivity index (χ3n) is 5.38. The minimum atomic E-state index is -0.450. The highest BCUT2D eigenvalue weighted by atomic mass is 16.5. The van der Waals surface area contributed by atoms with E-state index in [1.54, 1.807) is 0 Å². The summed E-state index contributed by atoms with van der Waals surface area (Å²) in [5, 5.41) is 2.17. The van der Waals surface area contributed by atoms with Crippen molar-refractivity contribution in [2.75, 3.05) is 31.1 Å². The zero-order valence-electron chi connectivity index (χ0n) is 16.3. The Kier molecular flexibility index (Phi) is 5.47. The standard InChI is InChI=1S/C24H26N2O2/c1-2-22(28-23-14-8-10-19-9-6-7-13-21(19)23)24(27)26-17-15-25(16-18-26)20-11-4-3-5-12-20/h3-14,22H,2,15-18H2,1H3/t22-/m1/s1. The molecule has 0 aliphatic carbocycles. The SMILES string of the molecule is CC[C@@H](Oc1cccc2ccccc12)C(=O)N1CCN(c2ccccc2)CC1. The first kappa shape index (κ1) is 18.4. The molecule has 144 valence electrons. The van der Waals surface area contributed by atoms with Gasteiger partial charge in [-0.1, -0.05) is 61.5 Å². The Labute approximate surface area is 166 Å². The number of anilines is 1. The Hall–Kier alpha value is -3.01. The molecule has 0 aromatic heterocycles. The largest absolute Gasteiger partial charge is 0.480 e. The van der Waals surface area contributed by atoms with E-state index in [9.17, 15) is 4.79 Å². The lowest BCUT2D eigenvalue weighted by Crippen LogP contribution is -2.52. The number of para-hydroxylation sites is 1. The second kappa shape index (κ2) is 8.34. The number of fused-ring (bicyclic) bond motifs is 1. The normalized spacial score (nSPS) is 15.5. The predicted octanol–water partition coefficient (Wildman–Crippen LogP) is 4.35. The molecule has 4 nitrogen and oxygen atoms in total. The molecule has 1 aliphatic rings. The molecule has 4 rings (SSSR count). The topological polar surface area (TPSA) is 32.8 Å². The van der Waals surface area contributed by atoms with Crippen molar-refractivity contribution in [3.63, 3.8) is 0 Å². The average molecular weight is 374 g/mol. The first-order chi connectivity index (χ1) is 13.8. The minimum Gasteiger partial charge on any atom is -0.480 e. The molecule has 1 amide bonds. The van der Waals surface area contributed by atoms with E-state index in [0.29, 0.717) is 6.42 Å². The molecule has 3 aromatic carbocycles. The summed E-state index contributed by atoms with van der Waals surface area (Å²) in [4.78, 5) is 17.4. The second-order valence-corrected chi connectivity index (χ2v) is 7.14. The van der Waals surface area contributed by atoms with Gasteiger partial charge < -0.3 is 14.5 Å². The van der Waals surface area contributed by atoms with Crippen molar-refractivity contribution in [1.29, 1.82) is 0 Å². The lowest BCUT2D eigenvalue weighted by atomic mass is 10.1. The van der Waals surface area contributed by atoms with Crippen LogP contribution in [0.4, 0.5) is 5.69 Å². The summed E-state index contributed by atoms with van der Waals surface area (Å²) in [5.41, 5.74) is 1.22. The van der Waals surface area contributed by atoms with Gasteiger partial charge in [0.25, 0.3) is 5.91 Å². The summed E-state index contributed by atoms with van der Waals surface area (Å²) in [6.45, 7) is 5.15. The molecule has 1 atom stereocenters. The Morgan fingerprint density at radius 2 is 1.57 bits per heavy atom. The quantitative estimate of drug-likeness (QED) is 0.666. The fraction of sp³-hybridized carbons (Fsp3) is 0.292. The molecular formula is C24H26N2O2. The molecule has 1 aliphatic heterocycles. The van der Waals surface area contributed by atoms with E-state index in [1.165, 1.54) is 5.69 Å².